The van der Waals surface area contributed by atoms with Crippen LogP contribution in [-0.4, -0.2) is 11.2 Å². The summed E-state index contributed by atoms with van der Waals surface area (Å²) in [7, 11) is 0. The van der Waals surface area contributed by atoms with Gasteiger partial charge in [-0.1, -0.05) is 27.7 Å². The predicted molar refractivity (Wildman–Crippen MR) is 59.0 cm³/mol. The molecular formula is C13H24O. The second-order valence-electron chi connectivity index (χ2n) is 6.82. The summed E-state index contributed by atoms with van der Waals surface area (Å²) in [5.74, 6) is 1.50. The van der Waals surface area contributed by atoms with Gasteiger partial charge in [0, 0.05) is 0 Å². The van der Waals surface area contributed by atoms with Gasteiger partial charge in [0.05, 0.1) is 6.10 Å². The molecule has 1 heteroatoms. The van der Waals surface area contributed by atoms with Gasteiger partial charge in [-0.15, -0.1) is 0 Å². The molecule has 0 saturated heterocycles. The molecule has 0 radical (unpaired) electrons. The van der Waals surface area contributed by atoms with Crippen molar-refractivity contribution in [1.29, 1.82) is 0 Å². The summed E-state index contributed by atoms with van der Waals surface area (Å²) in [6.07, 6.45) is 4.71. The van der Waals surface area contributed by atoms with Gasteiger partial charge < -0.3 is 5.11 Å². The molecule has 2 rings (SSSR count). The van der Waals surface area contributed by atoms with Gasteiger partial charge in [-0.05, 0) is 48.3 Å². The van der Waals surface area contributed by atoms with E-state index in [0.717, 1.165) is 24.7 Å². The molecule has 2 fully saturated rings. The van der Waals surface area contributed by atoms with Gasteiger partial charge >= 0.3 is 0 Å². The van der Waals surface area contributed by atoms with Crippen LogP contribution >= 0.6 is 0 Å². The van der Waals surface area contributed by atoms with Crippen LogP contribution in [0.4, 0.5) is 0 Å². The molecule has 2 aliphatic carbocycles. The number of fused-ring (bicyclic) bond motifs is 1. The van der Waals surface area contributed by atoms with Crippen molar-refractivity contribution in [2.45, 2.75) is 59.5 Å². The lowest BCUT2D eigenvalue weighted by molar-refractivity contribution is 0.00181. The minimum Gasteiger partial charge on any atom is -0.393 e. The topological polar surface area (TPSA) is 20.2 Å². The molecule has 14 heavy (non-hydrogen) atoms. The standard InChI is InChI=1S/C13H24O/c1-12(2)5-6-13(3,4)11-8-9(14)7-10(11)12/h9-11,14H,5-8H2,1-4H3/t9?,10-,11+. The summed E-state index contributed by atoms with van der Waals surface area (Å²) >= 11 is 0. The molecule has 2 saturated carbocycles. The van der Waals surface area contributed by atoms with E-state index in [-0.39, 0.29) is 6.10 Å². The Labute approximate surface area is 87.9 Å². The first-order valence-corrected chi connectivity index (χ1v) is 6.01. The van der Waals surface area contributed by atoms with E-state index in [4.69, 9.17) is 0 Å². The van der Waals surface area contributed by atoms with Crippen LogP contribution in [0.2, 0.25) is 0 Å². The maximum absolute atomic E-state index is 9.82. The highest BCUT2D eigenvalue weighted by Gasteiger charge is 2.51. The predicted octanol–water partition coefficient (Wildman–Crippen LogP) is 3.22. The van der Waals surface area contributed by atoms with Crippen molar-refractivity contribution >= 4 is 0 Å². The monoisotopic (exact) mass is 196 g/mol. The number of aliphatic hydroxyl groups excluding tert-OH is 1. The lowest BCUT2D eigenvalue weighted by Gasteiger charge is -2.49. The fourth-order valence-corrected chi connectivity index (χ4v) is 3.75. The van der Waals surface area contributed by atoms with E-state index in [1.54, 1.807) is 0 Å². The summed E-state index contributed by atoms with van der Waals surface area (Å²) in [5, 5.41) is 9.82. The van der Waals surface area contributed by atoms with Crippen LogP contribution in [-0.2, 0) is 0 Å². The van der Waals surface area contributed by atoms with Crippen LogP contribution in [0.15, 0.2) is 0 Å². The van der Waals surface area contributed by atoms with E-state index < -0.39 is 0 Å². The van der Waals surface area contributed by atoms with Crippen molar-refractivity contribution in [3.8, 4) is 0 Å². The average molecular weight is 196 g/mol. The number of hydrogen-bond acceptors (Lipinski definition) is 1. The summed E-state index contributed by atoms with van der Waals surface area (Å²) in [6.45, 7) is 9.55. The van der Waals surface area contributed by atoms with Crippen molar-refractivity contribution in [1.82, 2.24) is 0 Å². The van der Waals surface area contributed by atoms with Crippen molar-refractivity contribution in [3.63, 3.8) is 0 Å². The first-order chi connectivity index (χ1) is 6.33. The molecule has 82 valence electrons. The maximum atomic E-state index is 9.82. The van der Waals surface area contributed by atoms with Gasteiger partial charge in [-0.25, -0.2) is 0 Å². The smallest absolute Gasteiger partial charge is 0.0546 e. The van der Waals surface area contributed by atoms with Crippen molar-refractivity contribution in [3.05, 3.63) is 0 Å². The first kappa shape index (κ1) is 10.5. The van der Waals surface area contributed by atoms with E-state index in [9.17, 15) is 5.11 Å². The fourth-order valence-electron chi connectivity index (χ4n) is 3.75. The molecule has 2 aliphatic rings. The van der Waals surface area contributed by atoms with Crippen LogP contribution in [0.3, 0.4) is 0 Å². The van der Waals surface area contributed by atoms with Crippen LogP contribution in [0.5, 0.6) is 0 Å². The third kappa shape index (κ3) is 1.50. The van der Waals surface area contributed by atoms with Crippen molar-refractivity contribution < 1.29 is 5.11 Å². The van der Waals surface area contributed by atoms with Crippen molar-refractivity contribution in [2.75, 3.05) is 0 Å². The minimum atomic E-state index is -0.0263. The molecule has 0 aliphatic heterocycles. The lowest BCUT2D eigenvalue weighted by Crippen LogP contribution is -2.41. The molecule has 0 aromatic carbocycles. The molecule has 1 N–H and O–H groups in total. The lowest BCUT2D eigenvalue weighted by atomic mass is 9.56. The Morgan fingerprint density at radius 3 is 1.57 bits per heavy atom. The number of aliphatic hydroxyl groups is 1. The maximum Gasteiger partial charge on any atom is 0.0546 e. The third-order valence-corrected chi connectivity index (χ3v) is 4.96. The molecule has 0 bridgehead atoms. The molecule has 0 spiro atoms. The second kappa shape index (κ2) is 2.98. The largest absolute Gasteiger partial charge is 0.393 e. The molecule has 0 heterocycles. The van der Waals surface area contributed by atoms with Gasteiger partial charge in [0.2, 0.25) is 0 Å². The number of rotatable bonds is 0. The van der Waals surface area contributed by atoms with Crippen LogP contribution in [0, 0.1) is 22.7 Å². The van der Waals surface area contributed by atoms with Gasteiger partial charge in [-0.2, -0.15) is 0 Å². The Bertz CT molecular complexity index is 205. The second-order valence-corrected chi connectivity index (χ2v) is 6.82. The number of hydrogen-bond donors (Lipinski definition) is 1. The molecule has 0 aromatic rings. The van der Waals surface area contributed by atoms with Crippen LogP contribution in [0.25, 0.3) is 0 Å². The Morgan fingerprint density at radius 1 is 0.857 bits per heavy atom. The highest BCUT2D eigenvalue weighted by molar-refractivity contribution is 5.01. The minimum absolute atomic E-state index is 0.0263. The highest BCUT2D eigenvalue weighted by Crippen LogP contribution is 2.58. The van der Waals surface area contributed by atoms with E-state index in [1.807, 2.05) is 0 Å². The molecule has 0 aromatic heterocycles. The average Bonchev–Trinajstić information content (AvgIpc) is 2.44. The van der Waals surface area contributed by atoms with Crippen LogP contribution < -0.4 is 0 Å². The van der Waals surface area contributed by atoms with E-state index >= 15 is 0 Å². The third-order valence-electron chi connectivity index (χ3n) is 4.96. The zero-order chi connectivity index (χ0) is 10.6. The van der Waals surface area contributed by atoms with Gasteiger partial charge in [0.15, 0.2) is 0 Å². The molecule has 1 nitrogen and oxygen atoms in total. The van der Waals surface area contributed by atoms with Gasteiger partial charge in [-0.3, -0.25) is 0 Å². The fraction of sp³-hybridized carbons (Fsp3) is 1.00. The SMILES string of the molecule is CC1(C)CCC(C)(C)[C@H]2CC(O)C[C@H]21. The first-order valence-electron chi connectivity index (χ1n) is 6.01. The quantitative estimate of drug-likeness (QED) is 0.630. The van der Waals surface area contributed by atoms with E-state index in [1.165, 1.54) is 12.8 Å². The Balaban J connectivity index is 2.25. The summed E-state index contributed by atoms with van der Waals surface area (Å²) in [4.78, 5) is 0. The van der Waals surface area contributed by atoms with Crippen molar-refractivity contribution in [2.24, 2.45) is 22.7 Å². The normalized spacial score (nSPS) is 44.8. The summed E-state index contributed by atoms with van der Waals surface area (Å²) < 4.78 is 0. The highest BCUT2D eigenvalue weighted by atomic mass is 16.3. The van der Waals surface area contributed by atoms with E-state index in [0.29, 0.717) is 10.8 Å². The Kier molecular flexibility index (Phi) is 2.23. The molecule has 3 atom stereocenters. The Morgan fingerprint density at radius 2 is 1.21 bits per heavy atom. The zero-order valence-electron chi connectivity index (χ0n) is 10.0. The molecule has 0 amide bonds. The van der Waals surface area contributed by atoms with Gasteiger partial charge in [0.25, 0.3) is 0 Å². The summed E-state index contributed by atoms with van der Waals surface area (Å²) in [6, 6.07) is 0. The van der Waals surface area contributed by atoms with Gasteiger partial charge in [0.1, 0.15) is 0 Å². The zero-order valence-corrected chi connectivity index (χ0v) is 10.0. The summed E-state index contributed by atoms with van der Waals surface area (Å²) in [5.41, 5.74) is 0.912. The molecular weight excluding hydrogens is 172 g/mol. The Hall–Kier alpha value is -0.0400. The van der Waals surface area contributed by atoms with Crippen LogP contribution in [0.1, 0.15) is 53.4 Å². The molecule has 1 unspecified atom stereocenters. The van der Waals surface area contributed by atoms with E-state index in [2.05, 4.69) is 27.7 Å².